The Hall–Kier alpha value is -3.68. The van der Waals surface area contributed by atoms with E-state index in [1.165, 1.54) is 12.4 Å². The molecule has 0 radical (unpaired) electrons. The van der Waals surface area contributed by atoms with Crippen molar-refractivity contribution in [3.05, 3.63) is 59.7 Å². The van der Waals surface area contributed by atoms with Crippen LogP contribution in [0.3, 0.4) is 0 Å². The largest absolute Gasteiger partial charge is 0.376 e. The highest BCUT2D eigenvalue weighted by Gasteiger charge is 2.01. The number of amides is 2. The van der Waals surface area contributed by atoms with E-state index in [1.807, 2.05) is 62.4 Å². The van der Waals surface area contributed by atoms with Gasteiger partial charge in [-0.3, -0.25) is 9.59 Å². The molecule has 0 fully saturated rings. The zero-order valence-corrected chi connectivity index (χ0v) is 15.9. The van der Waals surface area contributed by atoms with Crippen molar-refractivity contribution >= 4 is 35.6 Å². The molecule has 8 nitrogen and oxygen atoms in total. The Balaban J connectivity index is 1.62. The monoisotopic (exact) mass is 380 g/mol. The first kappa shape index (κ1) is 20.6. The van der Waals surface area contributed by atoms with E-state index in [4.69, 9.17) is 0 Å². The van der Waals surface area contributed by atoms with Crippen molar-refractivity contribution in [1.82, 2.24) is 10.9 Å². The van der Waals surface area contributed by atoms with Crippen LogP contribution in [-0.4, -0.2) is 37.3 Å². The van der Waals surface area contributed by atoms with E-state index in [9.17, 15) is 9.59 Å². The predicted octanol–water partition coefficient (Wildman–Crippen LogP) is 2.03. The maximum absolute atomic E-state index is 11.7. The van der Waals surface area contributed by atoms with E-state index in [-0.39, 0.29) is 24.9 Å². The first-order valence-electron chi connectivity index (χ1n) is 8.77. The van der Waals surface area contributed by atoms with Crippen molar-refractivity contribution in [2.24, 2.45) is 10.2 Å². The SMILES string of the molecule is Cc1ccccc1NCC(=O)N/N=C\C=N\NC(=O)CNc1ccccc1C. The highest BCUT2D eigenvalue weighted by atomic mass is 16.2. The van der Waals surface area contributed by atoms with Crippen molar-refractivity contribution in [3.63, 3.8) is 0 Å². The smallest absolute Gasteiger partial charge is 0.259 e. The summed E-state index contributed by atoms with van der Waals surface area (Å²) in [6.07, 6.45) is 2.56. The van der Waals surface area contributed by atoms with Crippen molar-refractivity contribution in [1.29, 1.82) is 0 Å². The van der Waals surface area contributed by atoms with Gasteiger partial charge in [0.15, 0.2) is 0 Å². The number of carbonyl (C=O) groups is 2. The summed E-state index contributed by atoms with van der Waals surface area (Å²) in [6.45, 7) is 4.11. The zero-order valence-electron chi connectivity index (χ0n) is 15.9. The molecule has 4 N–H and O–H groups in total. The fourth-order valence-corrected chi connectivity index (χ4v) is 2.26. The molecule has 0 aromatic heterocycles. The predicted molar refractivity (Wildman–Crippen MR) is 113 cm³/mol. The Kier molecular flexibility index (Phi) is 8.19. The molecule has 0 aliphatic rings. The minimum absolute atomic E-state index is 0.0979. The number of para-hydroxylation sites is 2. The van der Waals surface area contributed by atoms with Gasteiger partial charge in [0.2, 0.25) is 0 Å². The summed E-state index contributed by atoms with van der Waals surface area (Å²) in [6, 6.07) is 15.4. The lowest BCUT2D eigenvalue weighted by atomic mass is 10.2. The zero-order chi connectivity index (χ0) is 20.2. The quantitative estimate of drug-likeness (QED) is 0.394. The molecule has 0 bridgehead atoms. The van der Waals surface area contributed by atoms with Gasteiger partial charge in [-0.1, -0.05) is 36.4 Å². The number of hydrogen-bond acceptors (Lipinski definition) is 6. The highest BCUT2D eigenvalue weighted by Crippen LogP contribution is 2.12. The lowest BCUT2D eigenvalue weighted by molar-refractivity contribution is -0.120. The summed E-state index contributed by atoms with van der Waals surface area (Å²) in [5.74, 6) is -0.585. The second kappa shape index (κ2) is 11.1. The summed E-state index contributed by atoms with van der Waals surface area (Å²) in [5, 5.41) is 13.5. The molecule has 2 amide bonds. The van der Waals surface area contributed by atoms with Crippen LogP contribution < -0.4 is 21.5 Å². The van der Waals surface area contributed by atoms with Crippen LogP contribution in [0.5, 0.6) is 0 Å². The molecule has 0 atom stereocenters. The van der Waals surface area contributed by atoms with Gasteiger partial charge in [0.25, 0.3) is 11.8 Å². The highest BCUT2D eigenvalue weighted by molar-refractivity contribution is 6.16. The van der Waals surface area contributed by atoms with Gasteiger partial charge in [0.05, 0.1) is 25.5 Å². The Labute approximate surface area is 164 Å². The van der Waals surface area contributed by atoms with Crippen LogP contribution in [0.4, 0.5) is 11.4 Å². The van der Waals surface area contributed by atoms with E-state index >= 15 is 0 Å². The minimum Gasteiger partial charge on any atom is -0.376 e. The maximum atomic E-state index is 11.7. The van der Waals surface area contributed by atoms with Gasteiger partial charge >= 0.3 is 0 Å². The number of nitrogens with zero attached hydrogens (tertiary/aromatic N) is 2. The van der Waals surface area contributed by atoms with Crippen molar-refractivity contribution < 1.29 is 9.59 Å². The van der Waals surface area contributed by atoms with Gasteiger partial charge in [-0.25, -0.2) is 10.9 Å². The van der Waals surface area contributed by atoms with E-state index in [0.717, 1.165) is 22.5 Å². The summed E-state index contributed by atoms with van der Waals surface area (Å²) in [5.41, 5.74) is 8.63. The Morgan fingerprint density at radius 1 is 0.750 bits per heavy atom. The molecule has 0 spiro atoms. The molecule has 146 valence electrons. The van der Waals surface area contributed by atoms with Crippen molar-refractivity contribution in [2.75, 3.05) is 23.7 Å². The van der Waals surface area contributed by atoms with Gasteiger partial charge < -0.3 is 10.6 Å². The Morgan fingerprint density at radius 3 is 1.54 bits per heavy atom. The Bertz CT molecular complexity index is 792. The van der Waals surface area contributed by atoms with Crippen LogP contribution >= 0.6 is 0 Å². The first-order valence-corrected chi connectivity index (χ1v) is 8.77. The number of anilines is 2. The third kappa shape index (κ3) is 7.28. The van der Waals surface area contributed by atoms with Crippen molar-refractivity contribution in [2.45, 2.75) is 13.8 Å². The summed E-state index contributed by atoms with van der Waals surface area (Å²) in [7, 11) is 0. The maximum Gasteiger partial charge on any atom is 0.259 e. The van der Waals surface area contributed by atoms with E-state index in [2.05, 4.69) is 31.7 Å². The van der Waals surface area contributed by atoms with Crippen LogP contribution in [0.15, 0.2) is 58.7 Å². The lowest BCUT2D eigenvalue weighted by Crippen LogP contribution is -2.27. The number of aryl methyl sites for hydroxylation is 2. The molecule has 2 aromatic rings. The molecular formula is C20H24N6O2. The molecule has 8 heteroatoms. The van der Waals surface area contributed by atoms with Gasteiger partial charge in [-0.05, 0) is 37.1 Å². The molecule has 0 aliphatic carbocycles. The molecule has 0 saturated heterocycles. The van der Waals surface area contributed by atoms with Crippen LogP contribution in [0.2, 0.25) is 0 Å². The molecule has 0 unspecified atom stereocenters. The van der Waals surface area contributed by atoms with Crippen LogP contribution in [-0.2, 0) is 9.59 Å². The van der Waals surface area contributed by atoms with Gasteiger partial charge in [0.1, 0.15) is 0 Å². The molecule has 0 heterocycles. The number of benzene rings is 2. The average Bonchev–Trinajstić information content (AvgIpc) is 2.69. The molecular weight excluding hydrogens is 356 g/mol. The number of hydrazone groups is 2. The fourth-order valence-electron chi connectivity index (χ4n) is 2.26. The molecule has 2 aromatic carbocycles. The van der Waals surface area contributed by atoms with Crippen LogP contribution in [0, 0.1) is 13.8 Å². The van der Waals surface area contributed by atoms with E-state index in [0.29, 0.717) is 0 Å². The molecule has 2 rings (SSSR count). The number of hydrogen-bond donors (Lipinski definition) is 4. The average molecular weight is 380 g/mol. The van der Waals surface area contributed by atoms with Gasteiger partial charge in [-0.2, -0.15) is 10.2 Å². The normalized spacial score (nSPS) is 10.8. The summed E-state index contributed by atoms with van der Waals surface area (Å²) in [4.78, 5) is 23.4. The standard InChI is InChI=1S/C20H24N6O2/c1-15-7-3-5-9-17(15)21-13-19(27)25-23-11-12-24-26-20(28)14-22-18-10-6-4-8-16(18)2/h3-12,21-22H,13-14H2,1-2H3,(H,25,27)(H,26,28)/b23-11-,24-12+. The van der Waals surface area contributed by atoms with E-state index < -0.39 is 0 Å². The van der Waals surface area contributed by atoms with Crippen LogP contribution in [0.1, 0.15) is 11.1 Å². The number of carbonyl (C=O) groups excluding carboxylic acids is 2. The second-order valence-electron chi connectivity index (χ2n) is 5.96. The third-order valence-electron chi connectivity index (χ3n) is 3.76. The summed E-state index contributed by atoms with van der Waals surface area (Å²) < 4.78 is 0. The summed E-state index contributed by atoms with van der Waals surface area (Å²) >= 11 is 0. The lowest BCUT2D eigenvalue weighted by Gasteiger charge is -2.07. The molecule has 0 aliphatic heterocycles. The first-order chi connectivity index (χ1) is 13.6. The minimum atomic E-state index is -0.292. The van der Waals surface area contributed by atoms with Gasteiger partial charge in [0, 0.05) is 11.4 Å². The molecule has 0 saturated carbocycles. The van der Waals surface area contributed by atoms with Crippen molar-refractivity contribution in [3.8, 4) is 0 Å². The number of nitrogens with one attached hydrogen (secondary N) is 4. The second-order valence-corrected chi connectivity index (χ2v) is 5.96. The fraction of sp³-hybridized carbons (Fsp3) is 0.200. The van der Waals surface area contributed by atoms with E-state index in [1.54, 1.807) is 0 Å². The number of rotatable bonds is 9. The van der Waals surface area contributed by atoms with Gasteiger partial charge in [-0.15, -0.1) is 0 Å². The third-order valence-corrected chi connectivity index (χ3v) is 3.76. The molecule has 28 heavy (non-hydrogen) atoms. The topological polar surface area (TPSA) is 107 Å². The van der Waals surface area contributed by atoms with Crippen LogP contribution in [0.25, 0.3) is 0 Å². The Morgan fingerprint density at radius 2 is 1.14 bits per heavy atom.